The average Bonchev–Trinajstić information content (AvgIpc) is 3.10. The molecule has 9 nitrogen and oxygen atoms in total. The molecule has 0 bridgehead atoms. The Morgan fingerprint density at radius 1 is 1.38 bits per heavy atom. The lowest BCUT2D eigenvalue weighted by Gasteiger charge is -2.05. The Bertz CT molecular complexity index is 994. The molecule has 0 aliphatic rings. The molecule has 0 aliphatic heterocycles. The minimum atomic E-state index is -0.649. The van der Waals surface area contributed by atoms with Gasteiger partial charge in [-0.15, -0.1) is 0 Å². The first-order valence-corrected chi connectivity index (χ1v) is 7.99. The Morgan fingerprint density at radius 3 is 2.85 bits per heavy atom. The van der Waals surface area contributed by atoms with Gasteiger partial charge in [0, 0.05) is 23.8 Å². The number of rotatable bonds is 5. The van der Waals surface area contributed by atoms with Crippen molar-refractivity contribution in [1.82, 2.24) is 19.6 Å². The Kier molecular flexibility index (Phi) is 4.72. The van der Waals surface area contributed by atoms with Gasteiger partial charge in [0.1, 0.15) is 6.20 Å². The van der Waals surface area contributed by atoms with Crippen LogP contribution in [-0.4, -0.2) is 30.4 Å². The maximum atomic E-state index is 12.4. The summed E-state index contributed by atoms with van der Waals surface area (Å²) in [6, 6.07) is 9.07. The van der Waals surface area contributed by atoms with Gasteiger partial charge in [0.2, 0.25) is 5.69 Å². The third-order valence-corrected chi connectivity index (χ3v) is 4.01. The highest BCUT2D eigenvalue weighted by Crippen LogP contribution is 2.19. The standard InChI is InChI=1S/C16H15ClN6O3/c1-10-6-14(20-22(10)9-11-4-3-5-12(17)7-11)19-16(24)15-13(23(25)26)8-18-21(15)2/h3-8H,9H2,1-2H3,(H,19,20,24). The van der Waals surface area contributed by atoms with Crippen LogP contribution < -0.4 is 5.32 Å². The molecule has 0 saturated carbocycles. The van der Waals surface area contributed by atoms with Crippen LogP contribution in [0.3, 0.4) is 0 Å². The van der Waals surface area contributed by atoms with Crippen LogP contribution >= 0.6 is 11.6 Å². The fourth-order valence-corrected chi connectivity index (χ4v) is 2.75. The summed E-state index contributed by atoms with van der Waals surface area (Å²) < 4.78 is 2.86. The first-order chi connectivity index (χ1) is 12.3. The molecule has 1 N–H and O–H groups in total. The van der Waals surface area contributed by atoms with Gasteiger partial charge >= 0.3 is 5.69 Å². The molecule has 2 aromatic heterocycles. The van der Waals surface area contributed by atoms with Gasteiger partial charge in [-0.2, -0.15) is 10.2 Å². The van der Waals surface area contributed by atoms with E-state index in [9.17, 15) is 14.9 Å². The van der Waals surface area contributed by atoms with Crippen molar-refractivity contribution in [2.45, 2.75) is 13.5 Å². The Balaban J connectivity index is 1.80. The van der Waals surface area contributed by atoms with E-state index in [2.05, 4.69) is 15.5 Å². The number of aromatic nitrogens is 4. The predicted molar refractivity (Wildman–Crippen MR) is 95.3 cm³/mol. The van der Waals surface area contributed by atoms with E-state index < -0.39 is 10.8 Å². The molecular formula is C16H15ClN6O3. The quantitative estimate of drug-likeness (QED) is 0.545. The fourth-order valence-electron chi connectivity index (χ4n) is 2.54. The number of nitro groups is 1. The van der Waals surface area contributed by atoms with Crippen LogP contribution in [0.5, 0.6) is 0 Å². The van der Waals surface area contributed by atoms with Crippen molar-refractivity contribution >= 4 is 29.0 Å². The number of anilines is 1. The minimum Gasteiger partial charge on any atom is -0.303 e. The number of nitrogens with one attached hydrogen (secondary N) is 1. The normalized spacial score (nSPS) is 10.7. The molecule has 0 saturated heterocycles. The zero-order valence-electron chi connectivity index (χ0n) is 14.0. The lowest BCUT2D eigenvalue weighted by atomic mass is 10.2. The van der Waals surface area contributed by atoms with E-state index in [1.807, 2.05) is 25.1 Å². The lowest BCUT2D eigenvalue weighted by Crippen LogP contribution is -2.18. The smallest absolute Gasteiger partial charge is 0.303 e. The number of benzene rings is 1. The summed E-state index contributed by atoms with van der Waals surface area (Å²) in [6.07, 6.45) is 1.04. The molecule has 0 radical (unpaired) electrons. The third kappa shape index (κ3) is 3.57. The number of amides is 1. The molecule has 134 valence electrons. The number of hydrogen-bond acceptors (Lipinski definition) is 5. The van der Waals surface area contributed by atoms with Gasteiger partial charge in [-0.25, -0.2) is 0 Å². The van der Waals surface area contributed by atoms with Crippen molar-refractivity contribution in [2.24, 2.45) is 7.05 Å². The van der Waals surface area contributed by atoms with Crippen molar-refractivity contribution in [2.75, 3.05) is 5.32 Å². The molecule has 1 amide bonds. The molecule has 3 aromatic rings. The maximum absolute atomic E-state index is 12.4. The fraction of sp³-hybridized carbons (Fsp3) is 0.188. The monoisotopic (exact) mass is 374 g/mol. The molecule has 0 unspecified atom stereocenters. The lowest BCUT2D eigenvalue weighted by molar-refractivity contribution is -0.385. The Labute approximate surface area is 153 Å². The molecule has 10 heteroatoms. The predicted octanol–water partition coefficient (Wildman–Crippen LogP) is 2.79. The molecule has 0 atom stereocenters. The zero-order valence-corrected chi connectivity index (χ0v) is 14.8. The van der Waals surface area contributed by atoms with E-state index in [4.69, 9.17) is 11.6 Å². The van der Waals surface area contributed by atoms with Gasteiger partial charge in [0.05, 0.1) is 11.5 Å². The summed E-state index contributed by atoms with van der Waals surface area (Å²) in [5, 5.41) is 22.3. The van der Waals surface area contributed by atoms with E-state index >= 15 is 0 Å². The molecule has 0 fully saturated rings. The number of halogens is 1. The van der Waals surface area contributed by atoms with Gasteiger partial charge in [-0.05, 0) is 24.6 Å². The van der Waals surface area contributed by atoms with Crippen LogP contribution in [0.4, 0.5) is 11.5 Å². The number of carbonyl (C=O) groups excluding carboxylic acids is 1. The number of hydrogen-bond donors (Lipinski definition) is 1. The minimum absolute atomic E-state index is 0.142. The van der Waals surface area contributed by atoms with Gasteiger partial charge in [-0.3, -0.25) is 24.3 Å². The number of carbonyl (C=O) groups is 1. The van der Waals surface area contributed by atoms with E-state index in [0.717, 1.165) is 22.1 Å². The Morgan fingerprint density at radius 2 is 2.15 bits per heavy atom. The van der Waals surface area contributed by atoms with Crippen molar-refractivity contribution < 1.29 is 9.72 Å². The summed E-state index contributed by atoms with van der Waals surface area (Å²) in [4.78, 5) is 22.8. The second kappa shape index (κ2) is 6.96. The molecule has 26 heavy (non-hydrogen) atoms. The summed E-state index contributed by atoms with van der Waals surface area (Å²) in [5.41, 5.74) is 1.28. The number of nitrogens with zero attached hydrogens (tertiary/aromatic N) is 5. The highest BCUT2D eigenvalue weighted by atomic mass is 35.5. The summed E-state index contributed by atoms with van der Waals surface area (Å²) in [5.74, 6) is -0.353. The SMILES string of the molecule is Cc1cc(NC(=O)c2c([N+](=O)[O-])cnn2C)nn1Cc1cccc(Cl)c1. The first-order valence-electron chi connectivity index (χ1n) is 7.62. The molecule has 3 rings (SSSR count). The van der Waals surface area contributed by atoms with Crippen LogP contribution in [0.1, 0.15) is 21.7 Å². The summed E-state index contributed by atoms with van der Waals surface area (Å²) >= 11 is 5.99. The molecule has 0 spiro atoms. The van der Waals surface area contributed by atoms with Crippen LogP contribution in [0.25, 0.3) is 0 Å². The molecular weight excluding hydrogens is 360 g/mol. The largest absolute Gasteiger partial charge is 0.320 e. The van der Waals surface area contributed by atoms with Crippen LogP contribution in [0.15, 0.2) is 36.5 Å². The molecule has 1 aromatic carbocycles. The maximum Gasteiger partial charge on any atom is 0.320 e. The highest BCUT2D eigenvalue weighted by molar-refractivity contribution is 6.30. The molecule has 2 heterocycles. The topological polar surface area (TPSA) is 108 Å². The van der Waals surface area contributed by atoms with E-state index in [1.54, 1.807) is 16.8 Å². The van der Waals surface area contributed by atoms with Crippen molar-refractivity contribution in [3.05, 3.63) is 68.6 Å². The van der Waals surface area contributed by atoms with Crippen LogP contribution in [-0.2, 0) is 13.6 Å². The summed E-state index contributed by atoms with van der Waals surface area (Å²) in [6.45, 7) is 2.33. The Hall–Kier alpha value is -3.20. The number of aryl methyl sites for hydroxylation is 2. The van der Waals surface area contributed by atoms with Crippen LogP contribution in [0.2, 0.25) is 5.02 Å². The summed E-state index contributed by atoms with van der Waals surface area (Å²) in [7, 11) is 1.46. The van der Waals surface area contributed by atoms with E-state index in [0.29, 0.717) is 17.4 Å². The second-order valence-corrected chi connectivity index (χ2v) is 6.11. The van der Waals surface area contributed by atoms with Gasteiger partial charge in [-0.1, -0.05) is 23.7 Å². The second-order valence-electron chi connectivity index (χ2n) is 5.67. The van der Waals surface area contributed by atoms with Gasteiger partial charge in [0.15, 0.2) is 5.82 Å². The van der Waals surface area contributed by atoms with E-state index in [-0.39, 0.29) is 11.4 Å². The van der Waals surface area contributed by atoms with Crippen molar-refractivity contribution in [1.29, 1.82) is 0 Å². The van der Waals surface area contributed by atoms with Gasteiger partial charge < -0.3 is 5.32 Å². The molecule has 0 aliphatic carbocycles. The van der Waals surface area contributed by atoms with Crippen LogP contribution in [0, 0.1) is 17.0 Å². The third-order valence-electron chi connectivity index (χ3n) is 3.78. The first kappa shape index (κ1) is 17.6. The average molecular weight is 375 g/mol. The van der Waals surface area contributed by atoms with E-state index in [1.165, 1.54) is 7.05 Å². The zero-order chi connectivity index (χ0) is 18.8. The van der Waals surface area contributed by atoms with Crippen molar-refractivity contribution in [3.63, 3.8) is 0 Å². The van der Waals surface area contributed by atoms with Gasteiger partial charge in [0.25, 0.3) is 5.91 Å². The highest BCUT2D eigenvalue weighted by Gasteiger charge is 2.26. The van der Waals surface area contributed by atoms with Crippen molar-refractivity contribution in [3.8, 4) is 0 Å².